The minimum Gasteiger partial charge on any atom is -0.486 e. The van der Waals surface area contributed by atoms with Gasteiger partial charge in [0, 0.05) is 13.2 Å². The summed E-state index contributed by atoms with van der Waals surface area (Å²) < 4.78 is 11.6. The Morgan fingerprint density at radius 1 is 1.29 bits per heavy atom. The topological polar surface area (TPSA) is 58.4 Å². The lowest BCUT2D eigenvalue weighted by molar-refractivity contribution is 0.0959. The molecule has 0 bridgehead atoms. The molecule has 0 N–H and O–H groups in total. The number of aromatic nitrogens is 1. The number of benzene rings is 1. The van der Waals surface area contributed by atoms with Crippen molar-refractivity contribution in [3.63, 3.8) is 0 Å². The molecule has 5 nitrogen and oxygen atoms in total. The predicted octanol–water partition coefficient (Wildman–Crippen LogP) is 2.23. The van der Waals surface area contributed by atoms with Crippen LogP contribution in [-0.4, -0.2) is 31.3 Å². The zero-order valence-electron chi connectivity index (χ0n) is 11.7. The van der Waals surface area contributed by atoms with E-state index in [9.17, 15) is 0 Å². The molecule has 3 rings (SSSR count). The molecule has 2 aromatic rings. The second-order valence-corrected chi connectivity index (χ2v) is 4.89. The van der Waals surface area contributed by atoms with E-state index in [-0.39, 0.29) is 6.10 Å². The number of rotatable bonds is 3. The highest BCUT2D eigenvalue weighted by atomic mass is 16.6. The highest BCUT2D eigenvalue weighted by Gasteiger charge is 2.22. The Labute approximate surface area is 123 Å². The van der Waals surface area contributed by atoms with Crippen LogP contribution < -0.4 is 14.4 Å². The van der Waals surface area contributed by atoms with Crippen LogP contribution in [0.15, 0.2) is 42.6 Å². The number of hydrogen-bond acceptors (Lipinski definition) is 5. The summed E-state index contributed by atoms with van der Waals surface area (Å²) in [5.41, 5.74) is 0.554. The van der Waals surface area contributed by atoms with Crippen LogP contribution in [0.4, 0.5) is 5.82 Å². The molecule has 0 spiro atoms. The van der Waals surface area contributed by atoms with Crippen molar-refractivity contribution >= 4 is 5.82 Å². The minimum atomic E-state index is -0.0534. The standard InChI is InChI=1S/C16H15N3O2/c1-19(16-7-6-12(8-17)9-18-16)10-13-11-20-14-4-2-3-5-15(14)21-13/h2-7,9,13H,10-11H2,1H3/t13-/m0/s1. The van der Waals surface area contributed by atoms with E-state index in [0.29, 0.717) is 18.7 Å². The van der Waals surface area contributed by atoms with Gasteiger partial charge in [0.15, 0.2) is 17.6 Å². The third-order valence-corrected chi connectivity index (χ3v) is 3.31. The first-order valence-electron chi connectivity index (χ1n) is 6.72. The van der Waals surface area contributed by atoms with Crippen molar-refractivity contribution in [2.45, 2.75) is 6.10 Å². The Morgan fingerprint density at radius 3 is 2.81 bits per heavy atom. The number of nitriles is 1. The van der Waals surface area contributed by atoms with Gasteiger partial charge in [0.25, 0.3) is 0 Å². The average Bonchev–Trinajstić information content (AvgIpc) is 2.55. The van der Waals surface area contributed by atoms with Crippen LogP contribution >= 0.6 is 0 Å². The average molecular weight is 281 g/mol. The van der Waals surface area contributed by atoms with E-state index in [4.69, 9.17) is 14.7 Å². The number of fused-ring (bicyclic) bond motifs is 1. The number of para-hydroxylation sites is 2. The second-order valence-electron chi connectivity index (χ2n) is 4.89. The Kier molecular flexibility index (Phi) is 3.61. The van der Waals surface area contributed by atoms with Gasteiger partial charge in [0.05, 0.1) is 12.1 Å². The summed E-state index contributed by atoms with van der Waals surface area (Å²) in [5.74, 6) is 2.36. The van der Waals surface area contributed by atoms with Crippen LogP contribution in [0, 0.1) is 11.3 Å². The van der Waals surface area contributed by atoms with Gasteiger partial charge in [0.2, 0.25) is 0 Å². The molecule has 0 unspecified atom stereocenters. The van der Waals surface area contributed by atoms with Crippen molar-refractivity contribution in [1.29, 1.82) is 5.26 Å². The predicted molar refractivity (Wildman–Crippen MR) is 78.6 cm³/mol. The summed E-state index contributed by atoms with van der Waals surface area (Å²) in [6.07, 6.45) is 1.52. The normalized spacial score (nSPS) is 16.1. The Bertz CT molecular complexity index is 664. The molecule has 106 valence electrons. The molecule has 0 amide bonds. The third kappa shape index (κ3) is 2.90. The maximum Gasteiger partial charge on any atom is 0.161 e. The summed E-state index contributed by atoms with van der Waals surface area (Å²) in [7, 11) is 1.94. The van der Waals surface area contributed by atoms with Crippen LogP contribution in [0.5, 0.6) is 11.5 Å². The molecule has 0 saturated heterocycles. The van der Waals surface area contributed by atoms with Gasteiger partial charge in [-0.3, -0.25) is 0 Å². The molecule has 0 saturated carbocycles. The van der Waals surface area contributed by atoms with Crippen LogP contribution in [0.3, 0.4) is 0 Å². The molecule has 1 aromatic heterocycles. The fourth-order valence-electron chi connectivity index (χ4n) is 2.23. The van der Waals surface area contributed by atoms with Gasteiger partial charge in [-0.25, -0.2) is 4.98 Å². The smallest absolute Gasteiger partial charge is 0.161 e. The first kappa shape index (κ1) is 13.3. The second kappa shape index (κ2) is 5.71. The molecule has 0 aliphatic carbocycles. The van der Waals surface area contributed by atoms with E-state index < -0.39 is 0 Å². The third-order valence-electron chi connectivity index (χ3n) is 3.31. The number of ether oxygens (including phenoxy) is 2. The molecule has 0 radical (unpaired) electrons. The van der Waals surface area contributed by atoms with Crippen molar-refractivity contribution in [2.24, 2.45) is 0 Å². The monoisotopic (exact) mass is 281 g/mol. The van der Waals surface area contributed by atoms with Gasteiger partial charge in [0.1, 0.15) is 18.5 Å². The molecule has 0 fully saturated rings. The van der Waals surface area contributed by atoms with Gasteiger partial charge in [-0.2, -0.15) is 5.26 Å². The SMILES string of the molecule is CN(C[C@H]1COc2ccccc2O1)c1ccc(C#N)cn1. The lowest BCUT2D eigenvalue weighted by atomic mass is 10.2. The fraction of sp³-hybridized carbons (Fsp3) is 0.250. The molecule has 1 atom stereocenters. The first-order chi connectivity index (χ1) is 10.3. The van der Waals surface area contributed by atoms with Crippen LogP contribution in [0.2, 0.25) is 0 Å². The first-order valence-corrected chi connectivity index (χ1v) is 6.72. The van der Waals surface area contributed by atoms with Crippen molar-refractivity contribution in [3.05, 3.63) is 48.2 Å². The summed E-state index contributed by atoms with van der Waals surface area (Å²) >= 11 is 0. The molecule has 1 aliphatic heterocycles. The van der Waals surface area contributed by atoms with Crippen molar-refractivity contribution in [2.75, 3.05) is 25.1 Å². The summed E-state index contributed by atoms with van der Waals surface area (Å²) in [6.45, 7) is 1.17. The van der Waals surface area contributed by atoms with E-state index in [2.05, 4.69) is 11.1 Å². The van der Waals surface area contributed by atoms with Crippen LogP contribution in [0.1, 0.15) is 5.56 Å². The van der Waals surface area contributed by atoms with Crippen LogP contribution in [-0.2, 0) is 0 Å². The molecule has 1 aromatic carbocycles. The maximum absolute atomic E-state index is 8.78. The Hall–Kier alpha value is -2.74. The van der Waals surface area contributed by atoms with Crippen LogP contribution in [0.25, 0.3) is 0 Å². The Morgan fingerprint density at radius 2 is 2.10 bits per heavy atom. The van der Waals surface area contributed by atoms with Gasteiger partial charge in [-0.1, -0.05) is 12.1 Å². The van der Waals surface area contributed by atoms with Crippen molar-refractivity contribution < 1.29 is 9.47 Å². The number of hydrogen-bond donors (Lipinski definition) is 0. The van der Waals surface area contributed by atoms with Gasteiger partial charge in [-0.15, -0.1) is 0 Å². The van der Waals surface area contributed by atoms with Gasteiger partial charge >= 0.3 is 0 Å². The molecule has 21 heavy (non-hydrogen) atoms. The van der Waals surface area contributed by atoms with Gasteiger partial charge < -0.3 is 14.4 Å². The van der Waals surface area contributed by atoms with E-state index in [1.165, 1.54) is 0 Å². The highest BCUT2D eigenvalue weighted by Crippen LogP contribution is 2.31. The number of nitrogens with zero attached hydrogens (tertiary/aromatic N) is 3. The zero-order valence-corrected chi connectivity index (χ0v) is 11.7. The number of anilines is 1. The van der Waals surface area contributed by atoms with Gasteiger partial charge in [-0.05, 0) is 24.3 Å². The lowest BCUT2D eigenvalue weighted by Gasteiger charge is -2.30. The van der Waals surface area contributed by atoms with E-state index in [1.54, 1.807) is 12.3 Å². The summed E-state index contributed by atoms with van der Waals surface area (Å²) in [5, 5.41) is 8.78. The summed E-state index contributed by atoms with van der Waals surface area (Å²) in [4.78, 5) is 6.26. The molecular formula is C16H15N3O2. The highest BCUT2D eigenvalue weighted by molar-refractivity contribution is 5.43. The zero-order chi connectivity index (χ0) is 14.7. The molecule has 2 heterocycles. The quantitative estimate of drug-likeness (QED) is 0.863. The van der Waals surface area contributed by atoms with E-state index in [0.717, 1.165) is 17.3 Å². The number of likely N-dealkylation sites (N-methyl/N-ethyl adjacent to an activating group) is 1. The molecule has 1 aliphatic rings. The fourth-order valence-corrected chi connectivity index (χ4v) is 2.23. The van der Waals surface area contributed by atoms with E-state index in [1.807, 2.05) is 42.3 Å². The number of pyridine rings is 1. The largest absolute Gasteiger partial charge is 0.486 e. The van der Waals surface area contributed by atoms with E-state index >= 15 is 0 Å². The van der Waals surface area contributed by atoms with Crippen molar-refractivity contribution in [3.8, 4) is 17.6 Å². The Balaban J connectivity index is 1.65. The maximum atomic E-state index is 8.78. The molecule has 5 heteroatoms. The molecular weight excluding hydrogens is 266 g/mol. The lowest BCUT2D eigenvalue weighted by Crippen LogP contribution is -2.39. The summed E-state index contributed by atoms with van der Waals surface area (Å²) in [6, 6.07) is 13.3. The minimum absolute atomic E-state index is 0.0534. The van der Waals surface area contributed by atoms with Crippen molar-refractivity contribution in [1.82, 2.24) is 4.98 Å².